The van der Waals surface area contributed by atoms with Gasteiger partial charge in [0.05, 0.1) is 0 Å². The first kappa shape index (κ1) is 27.2. The molecule has 0 heterocycles. The zero-order valence-corrected chi connectivity index (χ0v) is 18.0. The summed E-state index contributed by atoms with van der Waals surface area (Å²) in [6, 6.07) is -2.63. The van der Waals surface area contributed by atoms with Gasteiger partial charge in [0.15, 0.2) is 5.12 Å². The molecule has 0 saturated heterocycles. The van der Waals surface area contributed by atoms with Crippen LogP contribution in [0.2, 0.25) is 0 Å². The molecule has 0 fully saturated rings. The fourth-order valence-corrected chi connectivity index (χ4v) is 2.56. The zero-order valence-electron chi connectivity index (χ0n) is 17.1. The molecular weight excluding hydrogens is 422 g/mol. The molecule has 0 unspecified atom stereocenters. The van der Waals surface area contributed by atoms with Crippen LogP contribution in [0.4, 0.5) is 4.79 Å². The third kappa shape index (κ3) is 13.4. The fraction of sp³-hybridized carbons (Fsp3) is 0.647. The Balaban J connectivity index is 5.31. The number of hydrogen-bond donors (Lipinski definition) is 5. The summed E-state index contributed by atoms with van der Waals surface area (Å²) in [7, 11) is 0. The number of thioether (sulfide) groups is 1. The summed E-state index contributed by atoms with van der Waals surface area (Å²) in [5.74, 6) is -4.44. The molecule has 0 aliphatic rings. The summed E-state index contributed by atoms with van der Waals surface area (Å²) in [5, 5.41) is 23.8. The van der Waals surface area contributed by atoms with Crippen LogP contribution in [0.3, 0.4) is 0 Å². The highest BCUT2D eigenvalue weighted by atomic mass is 32.2. The zero-order chi connectivity index (χ0) is 23.5. The Morgan fingerprint density at radius 2 is 1.53 bits per heavy atom. The number of hydrogen-bond acceptors (Lipinski definition) is 8. The fourth-order valence-electron chi connectivity index (χ4n) is 1.93. The van der Waals surface area contributed by atoms with Crippen LogP contribution in [0, 0.1) is 0 Å². The van der Waals surface area contributed by atoms with Gasteiger partial charge in [-0.3, -0.25) is 24.0 Å². The molecule has 12 nitrogen and oxygen atoms in total. The number of carbonyl (C=O) groups is 6. The van der Waals surface area contributed by atoms with E-state index in [9.17, 15) is 28.8 Å². The molecule has 0 aliphatic heterocycles. The Kier molecular flexibility index (Phi) is 11.5. The van der Waals surface area contributed by atoms with Crippen LogP contribution in [-0.4, -0.2) is 75.2 Å². The molecule has 0 aliphatic carbocycles. The highest BCUT2D eigenvalue weighted by Gasteiger charge is 2.29. The van der Waals surface area contributed by atoms with E-state index in [4.69, 9.17) is 14.9 Å². The van der Waals surface area contributed by atoms with Crippen molar-refractivity contribution in [3.05, 3.63) is 0 Å². The molecule has 0 radical (unpaired) electrons. The number of carbonyl (C=O) groups excluding carboxylic acids is 4. The second-order valence-corrected chi connectivity index (χ2v) is 8.30. The Bertz CT molecular complexity index is 676. The van der Waals surface area contributed by atoms with Crippen molar-refractivity contribution in [2.75, 3.05) is 12.3 Å². The summed E-state index contributed by atoms with van der Waals surface area (Å²) >= 11 is 0.728. The van der Waals surface area contributed by atoms with Crippen LogP contribution in [0.5, 0.6) is 0 Å². The molecule has 0 spiro atoms. The van der Waals surface area contributed by atoms with Crippen LogP contribution >= 0.6 is 11.8 Å². The summed E-state index contributed by atoms with van der Waals surface area (Å²) in [6.07, 6.45) is -1.70. The van der Waals surface area contributed by atoms with E-state index in [2.05, 4.69) is 16.0 Å². The van der Waals surface area contributed by atoms with Gasteiger partial charge in [0.25, 0.3) is 0 Å². The monoisotopic (exact) mass is 449 g/mol. The van der Waals surface area contributed by atoms with E-state index in [-0.39, 0.29) is 17.3 Å². The second kappa shape index (κ2) is 12.7. The highest BCUT2D eigenvalue weighted by Crippen LogP contribution is 2.09. The molecular formula is C17H27N3O9S. The van der Waals surface area contributed by atoms with Crippen molar-refractivity contribution in [2.45, 2.75) is 58.2 Å². The van der Waals surface area contributed by atoms with Crippen LogP contribution in [0.1, 0.15) is 40.5 Å². The summed E-state index contributed by atoms with van der Waals surface area (Å²) in [4.78, 5) is 69.4. The number of aliphatic carboxylic acids is 2. The summed E-state index contributed by atoms with van der Waals surface area (Å²) in [6.45, 7) is 5.34. The van der Waals surface area contributed by atoms with Crippen LogP contribution in [0.25, 0.3) is 0 Å². The van der Waals surface area contributed by atoms with Crippen molar-refractivity contribution in [3.63, 3.8) is 0 Å². The summed E-state index contributed by atoms with van der Waals surface area (Å²) < 4.78 is 5.05. The van der Waals surface area contributed by atoms with Crippen molar-refractivity contribution in [3.8, 4) is 0 Å². The van der Waals surface area contributed by atoms with Gasteiger partial charge >= 0.3 is 18.0 Å². The number of amides is 3. The third-order valence-electron chi connectivity index (χ3n) is 3.15. The average Bonchev–Trinajstić information content (AvgIpc) is 2.57. The molecule has 0 bridgehead atoms. The topological polar surface area (TPSA) is 188 Å². The van der Waals surface area contributed by atoms with Gasteiger partial charge in [-0.2, -0.15) is 0 Å². The standard InChI is InChI=1S/C17H27N3O9S/c1-9(21)30-8-11(14(26)18-7-13(24)25)19-15(27)10(5-6-12(22)23)20-16(28)29-17(2,3)4/h10-11H,5-8H2,1-4H3,(H,18,26)(H,19,27)(H,20,28)(H,22,23)(H,24,25)/t10-,11-/m0/s1. The quantitative estimate of drug-likeness (QED) is 0.280. The molecule has 30 heavy (non-hydrogen) atoms. The van der Waals surface area contributed by atoms with Crippen LogP contribution in [-0.2, 0) is 28.7 Å². The SMILES string of the molecule is CC(=O)SC[C@H](NC(=O)[C@H](CCC(=O)O)NC(=O)OC(C)(C)C)C(=O)NCC(=O)O. The maximum atomic E-state index is 12.6. The van der Waals surface area contributed by atoms with E-state index in [0.717, 1.165) is 11.8 Å². The minimum absolute atomic E-state index is 0.190. The number of carboxylic acid groups (broad SMARTS) is 2. The number of ether oxygens (including phenoxy) is 1. The molecule has 2 atom stereocenters. The Morgan fingerprint density at radius 3 is 2.00 bits per heavy atom. The molecule has 0 aromatic heterocycles. The molecule has 3 amide bonds. The van der Waals surface area contributed by atoms with Crippen molar-refractivity contribution in [1.82, 2.24) is 16.0 Å². The number of alkyl carbamates (subject to hydrolysis) is 1. The van der Waals surface area contributed by atoms with Crippen molar-refractivity contribution < 1.29 is 43.7 Å². The Labute approximate surface area is 177 Å². The lowest BCUT2D eigenvalue weighted by molar-refractivity contribution is -0.138. The minimum atomic E-state index is -1.34. The van der Waals surface area contributed by atoms with E-state index in [0.29, 0.717) is 0 Å². The maximum absolute atomic E-state index is 12.6. The predicted octanol–water partition coefficient (Wildman–Crippen LogP) is -0.290. The molecule has 13 heteroatoms. The van der Waals surface area contributed by atoms with E-state index in [1.165, 1.54) is 6.92 Å². The van der Waals surface area contributed by atoms with Crippen molar-refractivity contribution in [1.29, 1.82) is 0 Å². The first-order chi connectivity index (χ1) is 13.7. The highest BCUT2D eigenvalue weighted by molar-refractivity contribution is 8.13. The molecule has 0 saturated carbocycles. The first-order valence-corrected chi connectivity index (χ1v) is 9.84. The smallest absolute Gasteiger partial charge is 0.408 e. The van der Waals surface area contributed by atoms with E-state index >= 15 is 0 Å². The normalized spacial score (nSPS) is 12.8. The van der Waals surface area contributed by atoms with Gasteiger partial charge < -0.3 is 30.9 Å². The molecule has 0 aromatic carbocycles. The van der Waals surface area contributed by atoms with Gasteiger partial charge in [-0.25, -0.2) is 4.79 Å². The number of rotatable bonds is 11. The van der Waals surface area contributed by atoms with Gasteiger partial charge in [-0.05, 0) is 27.2 Å². The molecule has 5 N–H and O–H groups in total. The van der Waals surface area contributed by atoms with Gasteiger partial charge in [-0.1, -0.05) is 11.8 Å². The lowest BCUT2D eigenvalue weighted by Gasteiger charge is -2.24. The predicted molar refractivity (Wildman–Crippen MR) is 106 cm³/mol. The number of nitrogens with one attached hydrogen (secondary N) is 3. The van der Waals surface area contributed by atoms with Crippen LogP contribution < -0.4 is 16.0 Å². The average molecular weight is 449 g/mol. The van der Waals surface area contributed by atoms with E-state index in [1.54, 1.807) is 20.8 Å². The van der Waals surface area contributed by atoms with Crippen molar-refractivity contribution in [2.24, 2.45) is 0 Å². The van der Waals surface area contributed by atoms with Gasteiger partial charge in [0, 0.05) is 19.1 Å². The lowest BCUT2D eigenvalue weighted by Crippen LogP contribution is -2.55. The third-order valence-corrected chi connectivity index (χ3v) is 4.06. The minimum Gasteiger partial charge on any atom is -0.481 e. The molecule has 0 aromatic rings. The lowest BCUT2D eigenvalue weighted by atomic mass is 10.1. The Morgan fingerprint density at radius 1 is 0.933 bits per heavy atom. The second-order valence-electron chi connectivity index (χ2n) is 7.11. The maximum Gasteiger partial charge on any atom is 0.408 e. The first-order valence-electron chi connectivity index (χ1n) is 8.85. The van der Waals surface area contributed by atoms with Gasteiger partial charge in [0.2, 0.25) is 11.8 Å². The van der Waals surface area contributed by atoms with Crippen molar-refractivity contribution >= 4 is 46.7 Å². The molecule has 170 valence electrons. The van der Waals surface area contributed by atoms with E-state index in [1.807, 2.05) is 0 Å². The molecule has 0 rings (SSSR count). The van der Waals surface area contributed by atoms with E-state index < -0.39 is 60.5 Å². The summed E-state index contributed by atoms with van der Waals surface area (Å²) in [5.41, 5.74) is -0.866. The number of carboxylic acids is 2. The largest absolute Gasteiger partial charge is 0.481 e. The van der Waals surface area contributed by atoms with Crippen LogP contribution in [0.15, 0.2) is 0 Å². The Hall–Kier alpha value is -2.83. The van der Waals surface area contributed by atoms with Gasteiger partial charge in [0.1, 0.15) is 24.2 Å². The van der Waals surface area contributed by atoms with Gasteiger partial charge in [-0.15, -0.1) is 0 Å².